The maximum atomic E-state index is 14.4. The number of aromatic hydroxyl groups is 4. The van der Waals surface area contributed by atoms with E-state index in [-0.39, 0.29) is 33.4 Å². The number of phenolic OH excluding ortho intramolecular Hbond substituents is 4. The van der Waals surface area contributed by atoms with Crippen LogP contribution in [0.3, 0.4) is 0 Å². The van der Waals surface area contributed by atoms with Gasteiger partial charge in [-0.25, -0.2) is 35.1 Å². The number of hydrogen-bond donors (Lipinski definition) is 4. The molecule has 0 fully saturated rings. The van der Waals surface area contributed by atoms with E-state index in [1.807, 2.05) is 0 Å². The van der Waals surface area contributed by atoms with Crippen molar-refractivity contribution >= 4 is 0 Å². The zero-order valence-corrected chi connectivity index (χ0v) is 21.9. The highest BCUT2D eigenvalue weighted by molar-refractivity contribution is 5.51. The summed E-state index contributed by atoms with van der Waals surface area (Å²) in [6, 6.07) is 11.0. The van der Waals surface area contributed by atoms with Gasteiger partial charge in [0.05, 0.1) is 0 Å². The summed E-state index contributed by atoms with van der Waals surface area (Å²) in [4.78, 5) is 0. The topological polar surface area (TPSA) is 80.9 Å². The van der Waals surface area contributed by atoms with Gasteiger partial charge in [0, 0.05) is 11.8 Å². The van der Waals surface area contributed by atoms with E-state index in [2.05, 4.69) is 0 Å². The molecule has 0 heterocycles. The fourth-order valence-corrected chi connectivity index (χ4v) is 5.04. The lowest BCUT2D eigenvalue weighted by molar-refractivity contribution is 0.394. The Morgan fingerprint density at radius 1 is 0.295 bits per heavy atom. The Labute approximate surface area is 243 Å². The molecule has 4 nitrogen and oxygen atoms in total. The molecule has 44 heavy (non-hydrogen) atoms. The van der Waals surface area contributed by atoms with Crippen molar-refractivity contribution in [2.75, 3.05) is 0 Å². The number of benzene rings is 5. The van der Waals surface area contributed by atoms with Gasteiger partial charge in [0.2, 0.25) is 0 Å². The second-order valence-corrected chi connectivity index (χ2v) is 9.87. The fraction of sp³-hybridized carbons (Fsp3) is 0.0625. The van der Waals surface area contributed by atoms with Crippen LogP contribution in [0, 0.1) is 46.5 Å². The van der Waals surface area contributed by atoms with Crippen LogP contribution in [0.1, 0.15) is 45.2 Å². The van der Waals surface area contributed by atoms with Gasteiger partial charge in [-0.3, -0.25) is 0 Å². The first kappa shape index (κ1) is 30.2. The quantitative estimate of drug-likeness (QED) is 0.115. The second-order valence-electron chi connectivity index (χ2n) is 9.87. The highest BCUT2D eigenvalue weighted by Crippen LogP contribution is 2.40. The van der Waals surface area contributed by atoms with Crippen LogP contribution < -0.4 is 0 Å². The zero-order chi connectivity index (χ0) is 32.0. The molecule has 226 valence electrons. The van der Waals surface area contributed by atoms with Gasteiger partial charge in [0.1, 0.15) is 0 Å². The third-order valence-corrected chi connectivity index (χ3v) is 7.09. The normalized spacial score (nSPS) is 11.5. The average Bonchev–Trinajstić information content (AvgIpc) is 2.97. The van der Waals surface area contributed by atoms with Crippen LogP contribution in [0.25, 0.3) is 0 Å². The Hall–Kier alpha value is -5.26. The van der Waals surface area contributed by atoms with Crippen molar-refractivity contribution in [3.8, 4) is 23.0 Å². The standard InChI is InChI=1S/C32H18F8O4/c33-19-5-15(6-20(34)29(19)41)27(16-7-21(35)30(42)22(36)8-16)13-1-2-14(4-3-13)28(17-9-23(37)31(43)24(38)10-17)18-11-25(39)32(44)26(40)12-18/h1-12,27-28,41-44H. The lowest BCUT2D eigenvalue weighted by atomic mass is 9.81. The van der Waals surface area contributed by atoms with Crippen molar-refractivity contribution in [1.29, 1.82) is 0 Å². The van der Waals surface area contributed by atoms with E-state index in [0.29, 0.717) is 0 Å². The summed E-state index contributed by atoms with van der Waals surface area (Å²) in [5.74, 6) is -18.9. The number of hydrogen-bond acceptors (Lipinski definition) is 4. The first-order valence-corrected chi connectivity index (χ1v) is 12.6. The van der Waals surface area contributed by atoms with Crippen LogP contribution in [0.5, 0.6) is 23.0 Å². The molecule has 0 unspecified atom stereocenters. The van der Waals surface area contributed by atoms with E-state index in [4.69, 9.17) is 0 Å². The maximum absolute atomic E-state index is 14.4. The van der Waals surface area contributed by atoms with Gasteiger partial charge in [0.25, 0.3) is 0 Å². The lowest BCUT2D eigenvalue weighted by Gasteiger charge is -2.23. The molecule has 0 saturated heterocycles. The van der Waals surface area contributed by atoms with Crippen LogP contribution in [-0.2, 0) is 0 Å². The summed E-state index contributed by atoms with van der Waals surface area (Å²) in [7, 11) is 0. The Morgan fingerprint density at radius 2 is 0.455 bits per heavy atom. The molecule has 0 saturated carbocycles. The molecule has 12 heteroatoms. The molecule has 0 atom stereocenters. The summed E-state index contributed by atoms with van der Waals surface area (Å²) in [6.07, 6.45) is 0. The molecule has 4 N–H and O–H groups in total. The molecule has 0 spiro atoms. The van der Waals surface area contributed by atoms with E-state index in [1.54, 1.807) is 0 Å². The summed E-state index contributed by atoms with van der Waals surface area (Å²) >= 11 is 0. The van der Waals surface area contributed by atoms with Gasteiger partial charge in [-0.05, 0) is 81.9 Å². The minimum atomic E-state index is -1.38. The van der Waals surface area contributed by atoms with E-state index < -0.39 is 81.4 Å². The summed E-state index contributed by atoms with van der Waals surface area (Å²) in [5.41, 5.74) is -0.581. The Morgan fingerprint density at radius 3 is 0.614 bits per heavy atom. The highest BCUT2D eigenvalue weighted by atomic mass is 19.2. The number of rotatable bonds is 6. The predicted molar refractivity (Wildman–Crippen MR) is 140 cm³/mol. The Balaban J connectivity index is 1.70. The molecule has 0 aliphatic rings. The van der Waals surface area contributed by atoms with Crippen molar-refractivity contribution < 1.29 is 55.5 Å². The van der Waals surface area contributed by atoms with Crippen molar-refractivity contribution in [1.82, 2.24) is 0 Å². The highest BCUT2D eigenvalue weighted by Gasteiger charge is 2.26. The van der Waals surface area contributed by atoms with Crippen molar-refractivity contribution in [3.63, 3.8) is 0 Å². The second kappa shape index (κ2) is 11.4. The van der Waals surface area contributed by atoms with Crippen LogP contribution in [0.4, 0.5) is 35.1 Å². The zero-order valence-electron chi connectivity index (χ0n) is 21.9. The number of phenols is 4. The fourth-order valence-electron chi connectivity index (χ4n) is 5.04. The molecule has 0 aliphatic heterocycles. The molecular formula is C32H18F8O4. The van der Waals surface area contributed by atoms with Gasteiger partial charge in [0.15, 0.2) is 69.5 Å². The first-order valence-electron chi connectivity index (χ1n) is 12.6. The van der Waals surface area contributed by atoms with Crippen molar-refractivity contribution in [2.45, 2.75) is 11.8 Å². The van der Waals surface area contributed by atoms with Gasteiger partial charge < -0.3 is 20.4 Å². The van der Waals surface area contributed by atoms with Crippen LogP contribution in [0.2, 0.25) is 0 Å². The maximum Gasteiger partial charge on any atom is 0.187 e. The smallest absolute Gasteiger partial charge is 0.187 e. The van der Waals surface area contributed by atoms with Crippen LogP contribution in [0.15, 0.2) is 72.8 Å². The molecule has 0 aliphatic carbocycles. The SMILES string of the molecule is Oc1c(F)cc(C(c2ccc(C(c3cc(F)c(O)c(F)c3)c3cc(F)c(O)c(F)c3)cc2)c2cc(F)c(O)c(F)c2)cc1F. The van der Waals surface area contributed by atoms with Gasteiger partial charge in [-0.1, -0.05) is 24.3 Å². The number of halogens is 8. The predicted octanol–water partition coefficient (Wildman–Crippen LogP) is 7.98. The molecule has 0 aromatic heterocycles. The van der Waals surface area contributed by atoms with Crippen molar-refractivity contribution in [2.24, 2.45) is 0 Å². The molecule has 0 radical (unpaired) electrons. The van der Waals surface area contributed by atoms with E-state index in [9.17, 15) is 55.5 Å². The summed E-state index contributed by atoms with van der Waals surface area (Å²) in [5, 5.41) is 38.3. The minimum Gasteiger partial charge on any atom is -0.503 e. The van der Waals surface area contributed by atoms with Gasteiger partial charge in [-0.15, -0.1) is 0 Å². The third-order valence-electron chi connectivity index (χ3n) is 7.09. The lowest BCUT2D eigenvalue weighted by Crippen LogP contribution is -2.09. The Bertz CT molecular complexity index is 1570. The van der Waals surface area contributed by atoms with Crippen LogP contribution >= 0.6 is 0 Å². The van der Waals surface area contributed by atoms with Crippen LogP contribution in [-0.4, -0.2) is 20.4 Å². The molecule has 5 aromatic rings. The average molecular weight is 618 g/mol. The van der Waals surface area contributed by atoms with E-state index >= 15 is 0 Å². The van der Waals surface area contributed by atoms with Crippen molar-refractivity contribution in [3.05, 3.63) is 153 Å². The summed E-state index contributed by atoms with van der Waals surface area (Å²) in [6.45, 7) is 0. The van der Waals surface area contributed by atoms with Gasteiger partial charge >= 0.3 is 0 Å². The first-order chi connectivity index (χ1) is 20.8. The van der Waals surface area contributed by atoms with Gasteiger partial charge in [-0.2, -0.15) is 0 Å². The molecule has 0 amide bonds. The molecule has 0 bridgehead atoms. The van der Waals surface area contributed by atoms with E-state index in [1.165, 1.54) is 24.3 Å². The summed E-state index contributed by atoms with van der Waals surface area (Å²) < 4.78 is 115. The third kappa shape index (κ3) is 5.46. The van der Waals surface area contributed by atoms with E-state index in [0.717, 1.165) is 48.5 Å². The molecular weight excluding hydrogens is 600 g/mol. The Kier molecular flexibility index (Phi) is 7.85. The monoisotopic (exact) mass is 618 g/mol. The molecule has 5 rings (SSSR count). The molecule has 5 aromatic carbocycles. The minimum absolute atomic E-state index is 0.132. The largest absolute Gasteiger partial charge is 0.503 e.